The molecule has 0 unspecified atom stereocenters. The van der Waals surface area contributed by atoms with Gasteiger partial charge in [0.15, 0.2) is 0 Å². The number of thioether (sulfide) groups is 1. The summed E-state index contributed by atoms with van der Waals surface area (Å²) in [4.78, 5) is 15.8. The van der Waals surface area contributed by atoms with Gasteiger partial charge in [-0.2, -0.15) is 0 Å². The highest BCUT2D eigenvalue weighted by Gasteiger charge is 2.25. The van der Waals surface area contributed by atoms with Crippen LogP contribution in [0.1, 0.15) is 42.9 Å². The number of fused-ring (bicyclic) bond motifs is 2. The Labute approximate surface area is 178 Å². The Morgan fingerprint density at radius 1 is 1.10 bits per heavy atom. The van der Waals surface area contributed by atoms with Crippen LogP contribution in [0.2, 0.25) is 0 Å². The van der Waals surface area contributed by atoms with E-state index in [1.807, 2.05) is 18.7 Å². The number of benzene rings is 2. The van der Waals surface area contributed by atoms with Gasteiger partial charge >= 0.3 is 5.97 Å². The number of carbonyl (C=O) groups excluding carboxylic acids is 1. The van der Waals surface area contributed by atoms with E-state index in [1.54, 1.807) is 0 Å². The second-order valence-electron chi connectivity index (χ2n) is 7.72. The molecule has 0 saturated carbocycles. The molecule has 2 aromatic rings. The summed E-state index contributed by atoms with van der Waals surface area (Å²) in [6.45, 7) is 5.36. The van der Waals surface area contributed by atoms with E-state index in [2.05, 4.69) is 59.5 Å². The third-order valence-electron chi connectivity index (χ3n) is 5.87. The smallest absolute Gasteiger partial charge is 0.309 e. The third kappa shape index (κ3) is 4.76. The Bertz CT molecular complexity index is 834. The molecule has 4 rings (SSSR count). The fourth-order valence-electron chi connectivity index (χ4n) is 4.29. The lowest BCUT2D eigenvalue weighted by Crippen LogP contribution is -2.37. The highest BCUT2D eigenvalue weighted by atomic mass is 32.2. The van der Waals surface area contributed by atoms with Crippen molar-refractivity contribution in [1.29, 1.82) is 0 Å². The quantitative estimate of drug-likeness (QED) is 0.622. The van der Waals surface area contributed by atoms with Gasteiger partial charge < -0.3 is 9.64 Å². The minimum Gasteiger partial charge on any atom is -0.466 e. The second kappa shape index (κ2) is 9.64. The normalized spacial score (nSPS) is 18.7. The summed E-state index contributed by atoms with van der Waals surface area (Å²) in [5, 5.41) is 0. The van der Waals surface area contributed by atoms with Crippen LogP contribution in [0, 0.1) is 5.92 Å². The number of hydrogen-bond acceptors (Lipinski definition) is 4. The topological polar surface area (TPSA) is 29.5 Å². The van der Waals surface area contributed by atoms with Crippen molar-refractivity contribution in [2.75, 3.05) is 26.2 Å². The molecule has 152 valence electrons. The lowest BCUT2D eigenvalue weighted by atomic mass is 9.93. The maximum absolute atomic E-state index is 11.9. The van der Waals surface area contributed by atoms with Gasteiger partial charge in [-0.25, -0.2) is 0 Å². The first-order valence-electron chi connectivity index (χ1n) is 10.7. The van der Waals surface area contributed by atoms with E-state index in [-0.39, 0.29) is 11.9 Å². The molecule has 0 N–H and O–H groups in total. The van der Waals surface area contributed by atoms with Gasteiger partial charge in [-0.1, -0.05) is 48.5 Å². The molecule has 0 spiro atoms. The zero-order valence-electron chi connectivity index (χ0n) is 17.1. The number of rotatable bonds is 5. The van der Waals surface area contributed by atoms with Crippen LogP contribution in [0.3, 0.4) is 0 Å². The van der Waals surface area contributed by atoms with E-state index in [4.69, 9.17) is 4.74 Å². The molecule has 2 aliphatic heterocycles. The molecule has 0 aromatic heterocycles. The number of ether oxygens (including phenoxy) is 1. The SMILES string of the molecule is CCOC(=O)C1CCN(CCC=C2c3ccccc3CSc3ccccc32)CC1. The van der Waals surface area contributed by atoms with Crippen molar-refractivity contribution in [1.82, 2.24) is 4.90 Å². The van der Waals surface area contributed by atoms with E-state index in [0.29, 0.717) is 6.61 Å². The molecule has 29 heavy (non-hydrogen) atoms. The predicted octanol–water partition coefficient (Wildman–Crippen LogP) is 5.39. The summed E-state index contributed by atoms with van der Waals surface area (Å²) in [5.41, 5.74) is 5.49. The van der Waals surface area contributed by atoms with Gasteiger partial charge in [-0.05, 0) is 67.6 Å². The van der Waals surface area contributed by atoms with Crippen LogP contribution in [0.4, 0.5) is 0 Å². The first kappa shape index (κ1) is 20.2. The van der Waals surface area contributed by atoms with Gasteiger partial charge in [-0.15, -0.1) is 11.8 Å². The summed E-state index contributed by atoms with van der Waals surface area (Å²) >= 11 is 1.93. The van der Waals surface area contributed by atoms with E-state index in [1.165, 1.54) is 27.2 Å². The number of piperidine rings is 1. The Balaban J connectivity index is 1.44. The van der Waals surface area contributed by atoms with Crippen LogP contribution in [0.15, 0.2) is 59.5 Å². The average molecular weight is 408 g/mol. The van der Waals surface area contributed by atoms with Gasteiger partial charge in [0.25, 0.3) is 0 Å². The largest absolute Gasteiger partial charge is 0.466 e. The fourth-order valence-corrected chi connectivity index (χ4v) is 5.36. The van der Waals surface area contributed by atoms with Crippen LogP contribution >= 0.6 is 11.8 Å². The van der Waals surface area contributed by atoms with Crippen molar-refractivity contribution >= 4 is 23.3 Å². The number of esters is 1. The van der Waals surface area contributed by atoms with E-state index in [9.17, 15) is 4.79 Å². The summed E-state index contributed by atoms with van der Waals surface area (Å²) < 4.78 is 5.19. The number of likely N-dealkylation sites (tertiary alicyclic amines) is 1. The Morgan fingerprint density at radius 3 is 2.62 bits per heavy atom. The van der Waals surface area contributed by atoms with Crippen LogP contribution in [-0.4, -0.2) is 37.1 Å². The monoisotopic (exact) mass is 407 g/mol. The molecule has 2 aromatic carbocycles. The van der Waals surface area contributed by atoms with Crippen molar-refractivity contribution in [3.63, 3.8) is 0 Å². The van der Waals surface area contributed by atoms with Crippen LogP contribution in [-0.2, 0) is 15.3 Å². The second-order valence-corrected chi connectivity index (χ2v) is 8.73. The number of carbonyl (C=O) groups is 1. The van der Waals surface area contributed by atoms with Crippen LogP contribution < -0.4 is 0 Å². The highest BCUT2D eigenvalue weighted by Crippen LogP contribution is 2.40. The molecule has 0 atom stereocenters. The van der Waals surface area contributed by atoms with Gasteiger partial charge in [0.2, 0.25) is 0 Å². The summed E-state index contributed by atoms with van der Waals surface area (Å²) in [6, 6.07) is 17.6. The van der Waals surface area contributed by atoms with Crippen LogP contribution in [0.25, 0.3) is 5.57 Å². The zero-order valence-corrected chi connectivity index (χ0v) is 17.9. The molecule has 3 nitrogen and oxygen atoms in total. The summed E-state index contributed by atoms with van der Waals surface area (Å²) in [7, 11) is 0. The first-order chi connectivity index (χ1) is 14.3. The standard InChI is InChI=1S/C25H29NO2S/c1-2-28-25(27)19-13-16-26(17-14-19)15-7-11-22-21-9-4-3-8-20(21)18-29-24-12-6-5-10-23(22)24/h3-6,8-12,19H,2,7,13-18H2,1H3. The molecular formula is C25H29NO2S. The lowest BCUT2D eigenvalue weighted by Gasteiger charge is -2.30. The van der Waals surface area contributed by atoms with Gasteiger partial charge in [0, 0.05) is 17.2 Å². The van der Waals surface area contributed by atoms with Gasteiger partial charge in [-0.3, -0.25) is 4.79 Å². The van der Waals surface area contributed by atoms with Crippen molar-refractivity contribution in [2.24, 2.45) is 5.92 Å². The zero-order chi connectivity index (χ0) is 20.1. The first-order valence-corrected chi connectivity index (χ1v) is 11.6. The molecule has 1 fully saturated rings. The maximum Gasteiger partial charge on any atom is 0.309 e. The molecule has 0 amide bonds. The molecule has 0 aliphatic carbocycles. The third-order valence-corrected chi connectivity index (χ3v) is 6.99. The Kier molecular flexibility index (Phi) is 6.73. The molecule has 2 heterocycles. The molecule has 4 heteroatoms. The van der Waals surface area contributed by atoms with Crippen molar-refractivity contribution in [2.45, 2.75) is 36.8 Å². The van der Waals surface area contributed by atoms with E-state index in [0.717, 1.165) is 44.6 Å². The summed E-state index contributed by atoms with van der Waals surface area (Å²) in [6.07, 6.45) is 5.27. The maximum atomic E-state index is 11.9. The Morgan fingerprint density at radius 2 is 1.83 bits per heavy atom. The molecule has 0 radical (unpaired) electrons. The van der Waals surface area contributed by atoms with Crippen molar-refractivity contribution < 1.29 is 9.53 Å². The number of nitrogens with zero attached hydrogens (tertiary/aromatic N) is 1. The van der Waals surface area contributed by atoms with E-state index < -0.39 is 0 Å². The minimum absolute atomic E-state index is 0.0153. The van der Waals surface area contributed by atoms with Crippen molar-refractivity contribution in [3.05, 3.63) is 71.3 Å². The van der Waals surface area contributed by atoms with Crippen LogP contribution in [0.5, 0.6) is 0 Å². The number of hydrogen-bond donors (Lipinski definition) is 0. The fraction of sp³-hybridized carbons (Fsp3) is 0.400. The summed E-state index contributed by atoms with van der Waals surface area (Å²) in [5.74, 6) is 1.09. The highest BCUT2D eigenvalue weighted by molar-refractivity contribution is 7.98. The molecule has 1 saturated heterocycles. The van der Waals surface area contributed by atoms with E-state index >= 15 is 0 Å². The van der Waals surface area contributed by atoms with Crippen molar-refractivity contribution in [3.8, 4) is 0 Å². The van der Waals surface area contributed by atoms with Gasteiger partial charge in [0.05, 0.1) is 12.5 Å². The van der Waals surface area contributed by atoms with Gasteiger partial charge in [0.1, 0.15) is 0 Å². The molecule has 0 bridgehead atoms. The lowest BCUT2D eigenvalue weighted by molar-refractivity contribution is -0.149. The minimum atomic E-state index is -0.0153. The molecular weight excluding hydrogens is 378 g/mol. The molecule has 2 aliphatic rings. The Hall–Kier alpha value is -2.04. The predicted molar refractivity (Wildman–Crippen MR) is 120 cm³/mol. The average Bonchev–Trinajstić information content (AvgIpc) is 2.92.